The first kappa shape index (κ1) is 19.3. The van der Waals surface area contributed by atoms with Gasteiger partial charge >= 0.3 is 5.97 Å². The summed E-state index contributed by atoms with van der Waals surface area (Å²) in [6.07, 6.45) is 3.10. The van der Waals surface area contributed by atoms with Crippen molar-refractivity contribution >= 4 is 16.9 Å². The number of aromatic amines is 1. The van der Waals surface area contributed by atoms with Crippen LogP contribution in [0.3, 0.4) is 0 Å². The molecule has 4 rings (SSSR count). The van der Waals surface area contributed by atoms with Crippen molar-refractivity contribution in [2.24, 2.45) is 7.05 Å². The number of carbonyl (C=O) groups is 1. The van der Waals surface area contributed by atoms with Crippen LogP contribution in [-0.2, 0) is 26.4 Å². The van der Waals surface area contributed by atoms with E-state index in [2.05, 4.69) is 27.9 Å². The fraction of sp³-hybridized carbons (Fsp3) is 0.364. The number of benzene rings is 1. The smallest absolute Gasteiger partial charge is 0.345 e. The lowest BCUT2D eigenvalue weighted by Crippen LogP contribution is -2.20. The maximum Gasteiger partial charge on any atom is 0.345 e. The zero-order valence-corrected chi connectivity index (χ0v) is 16.6. The maximum atomic E-state index is 12.4. The van der Waals surface area contributed by atoms with Gasteiger partial charge in [-0.25, -0.2) is 4.79 Å². The Bertz CT molecular complexity index is 1170. The van der Waals surface area contributed by atoms with E-state index in [1.165, 1.54) is 5.56 Å². The SMILES string of the molecule is CCCNCc1cccc2c3c(n(C)c12)CCCc1c-3[nH]c(=O)c(C(=O)O)c1O. The van der Waals surface area contributed by atoms with E-state index in [9.17, 15) is 19.8 Å². The average Bonchev–Trinajstić information content (AvgIpc) is 2.83. The minimum atomic E-state index is -1.42. The van der Waals surface area contributed by atoms with Crippen LogP contribution in [0.2, 0.25) is 0 Å². The molecular weight excluding hydrogens is 370 g/mol. The number of fused-ring (bicyclic) bond motifs is 5. The molecule has 3 aromatic rings. The highest BCUT2D eigenvalue weighted by molar-refractivity contribution is 6.01. The average molecular weight is 395 g/mol. The number of hydrogen-bond acceptors (Lipinski definition) is 4. The highest BCUT2D eigenvalue weighted by atomic mass is 16.4. The van der Waals surface area contributed by atoms with Gasteiger partial charge in [0.1, 0.15) is 5.75 Å². The van der Waals surface area contributed by atoms with Gasteiger partial charge in [-0.2, -0.15) is 0 Å². The van der Waals surface area contributed by atoms with Gasteiger partial charge in [0.15, 0.2) is 5.56 Å². The van der Waals surface area contributed by atoms with E-state index in [1.54, 1.807) is 0 Å². The number of para-hydroxylation sites is 1. The number of aromatic hydroxyl groups is 1. The summed E-state index contributed by atoms with van der Waals surface area (Å²) in [6.45, 7) is 3.81. The van der Waals surface area contributed by atoms with E-state index < -0.39 is 22.8 Å². The Hall–Kier alpha value is -3.06. The second-order valence-electron chi connectivity index (χ2n) is 7.56. The first-order valence-electron chi connectivity index (χ1n) is 9.97. The molecular formula is C22H25N3O4. The molecule has 0 saturated heterocycles. The molecule has 0 spiro atoms. The molecule has 7 heteroatoms. The van der Waals surface area contributed by atoms with Crippen molar-refractivity contribution in [3.8, 4) is 17.0 Å². The highest BCUT2D eigenvalue weighted by Crippen LogP contribution is 2.41. The third-order valence-electron chi connectivity index (χ3n) is 5.75. The van der Waals surface area contributed by atoms with E-state index in [4.69, 9.17) is 0 Å². The summed E-state index contributed by atoms with van der Waals surface area (Å²) in [5.41, 5.74) is 3.91. The van der Waals surface area contributed by atoms with Gasteiger partial charge in [0.05, 0.1) is 11.2 Å². The van der Waals surface area contributed by atoms with Crippen molar-refractivity contribution < 1.29 is 15.0 Å². The molecule has 0 unspecified atom stereocenters. The maximum absolute atomic E-state index is 12.4. The van der Waals surface area contributed by atoms with Crippen LogP contribution in [0.1, 0.15) is 46.9 Å². The predicted molar refractivity (Wildman–Crippen MR) is 112 cm³/mol. The predicted octanol–water partition coefficient (Wildman–Crippen LogP) is 2.93. The quantitative estimate of drug-likeness (QED) is 0.497. The van der Waals surface area contributed by atoms with Crippen LogP contribution < -0.4 is 10.9 Å². The van der Waals surface area contributed by atoms with Crippen LogP contribution in [0.15, 0.2) is 23.0 Å². The molecule has 0 aliphatic heterocycles. The lowest BCUT2D eigenvalue weighted by atomic mass is 9.99. The number of aromatic carboxylic acids is 1. The lowest BCUT2D eigenvalue weighted by Gasteiger charge is -2.11. The Morgan fingerprint density at radius 3 is 2.83 bits per heavy atom. The van der Waals surface area contributed by atoms with Crippen LogP contribution in [-0.4, -0.2) is 32.3 Å². The molecule has 29 heavy (non-hydrogen) atoms. The van der Waals surface area contributed by atoms with Crippen LogP contribution in [0.4, 0.5) is 0 Å². The first-order valence-corrected chi connectivity index (χ1v) is 9.97. The van der Waals surface area contributed by atoms with Gasteiger partial charge in [0, 0.05) is 35.8 Å². The Balaban J connectivity index is 2.00. The largest absolute Gasteiger partial charge is 0.506 e. The van der Waals surface area contributed by atoms with E-state index >= 15 is 0 Å². The van der Waals surface area contributed by atoms with E-state index in [-0.39, 0.29) is 0 Å². The first-order chi connectivity index (χ1) is 14.0. The van der Waals surface area contributed by atoms with Crippen LogP contribution >= 0.6 is 0 Å². The van der Waals surface area contributed by atoms with E-state index in [1.807, 2.05) is 19.2 Å². The number of aromatic nitrogens is 2. The second-order valence-corrected chi connectivity index (χ2v) is 7.56. The number of rotatable bonds is 5. The molecule has 1 aliphatic rings. The molecule has 0 atom stereocenters. The summed E-state index contributed by atoms with van der Waals surface area (Å²) in [5, 5.41) is 24.4. The van der Waals surface area contributed by atoms with Crippen molar-refractivity contribution in [3.63, 3.8) is 0 Å². The highest BCUT2D eigenvalue weighted by Gasteiger charge is 2.28. The molecule has 4 N–H and O–H groups in total. The molecule has 0 bridgehead atoms. The monoisotopic (exact) mass is 395 g/mol. The number of aryl methyl sites for hydroxylation is 1. The molecule has 1 aliphatic carbocycles. The Morgan fingerprint density at radius 2 is 2.10 bits per heavy atom. The minimum Gasteiger partial charge on any atom is -0.506 e. The number of carboxylic acids is 1. The zero-order valence-electron chi connectivity index (χ0n) is 16.6. The Labute approximate surface area is 168 Å². The van der Waals surface area contributed by atoms with Gasteiger partial charge in [-0.15, -0.1) is 0 Å². The number of nitrogens with one attached hydrogen (secondary N) is 2. The Kier molecular flexibility index (Phi) is 4.92. The Morgan fingerprint density at radius 1 is 1.31 bits per heavy atom. The number of carboxylic acid groups (broad SMARTS) is 1. The van der Waals surface area contributed by atoms with Crippen LogP contribution in [0, 0.1) is 0 Å². The lowest BCUT2D eigenvalue weighted by molar-refractivity contribution is 0.0691. The summed E-state index contributed by atoms with van der Waals surface area (Å²) in [5.74, 6) is -1.83. The molecule has 0 radical (unpaired) electrons. The third-order valence-corrected chi connectivity index (χ3v) is 5.75. The molecule has 0 saturated carbocycles. The second kappa shape index (κ2) is 7.40. The summed E-state index contributed by atoms with van der Waals surface area (Å²) >= 11 is 0. The van der Waals surface area contributed by atoms with Crippen molar-refractivity contribution in [1.29, 1.82) is 0 Å². The molecule has 2 aromatic heterocycles. The standard InChI is InChI=1S/C22H25N3O4/c1-3-10-23-11-12-6-4-7-13-16-15(25(2)19(12)13)9-5-8-14-18(16)24-21(27)17(20(14)26)22(28)29/h4,6-7,23H,3,5,8-11H2,1-2H3,(H,28,29)(H2,24,26,27). The van der Waals surface area contributed by atoms with E-state index in [0.29, 0.717) is 17.7 Å². The van der Waals surface area contributed by atoms with Crippen molar-refractivity contribution in [1.82, 2.24) is 14.9 Å². The summed E-state index contributed by atoms with van der Waals surface area (Å²) in [4.78, 5) is 26.7. The summed E-state index contributed by atoms with van der Waals surface area (Å²) in [7, 11) is 2.03. The van der Waals surface area contributed by atoms with Crippen LogP contribution in [0.5, 0.6) is 5.75 Å². The molecule has 7 nitrogen and oxygen atoms in total. The van der Waals surface area contributed by atoms with Crippen molar-refractivity contribution in [2.45, 2.75) is 39.2 Å². The molecule has 1 aromatic carbocycles. The summed E-state index contributed by atoms with van der Waals surface area (Å²) < 4.78 is 2.17. The van der Waals surface area contributed by atoms with Gasteiger partial charge in [-0.3, -0.25) is 4.79 Å². The van der Waals surface area contributed by atoms with Gasteiger partial charge in [0.2, 0.25) is 0 Å². The minimum absolute atomic E-state index is 0.415. The van der Waals surface area contributed by atoms with E-state index in [0.717, 1.165) is 54.5 Å². The normalized spacial score (nSPS) is 13.2. The van der Waals surface area contributed by atoms with Gasteiger partial charge in [-0.05, 0) is 37.8 Å². The third kappa shape index (κ3) is 3.02. The number of pyridine rings is 1. The fourth-order valence-electron chi connectivity index (χ4n) is 4.48. The molecule has 2 heterocycles. The number of H-pyrrole nitrogens is 1. The zero-order chi connectivity index (χ0) is 20.7. The van der Waals surface area contributed by atoms with Crippen molar-refractivity contribution in [2.75, 3.05) is 6.54 Å². The topological polar surface area (TPSA) is 107 Å². The summed E-state index contributed by atoms with van der Waals surface area (Å²) in [6, 6.07) is 6.12. The fourth-order valence-corrected chi connectivity index (χ4v) is 4.48. The molecule has 152 valence electrons. The van der Waals surface area contributed by atoms with Crippen molar-refractivity contribution in [3.05, 3.63) is 50.9 Å². The van der Waals surface area contributed by atoms with Crippen LogP contribution in [0.25, 0.3) is 22.2 Å². The molecule has 0 amide bonds. The van der Waals surface area contributed by atoms with Gasteiger partial charge in [0.25, 0.3) is 5.56 Å². The number of hydrogen-bond donors (Lipinski definition) is 4. The number of nitrogens with zero attached hydrogens (tertiary/aromatic N) is 1. The molecule has 0 fully saturated rings. The van der Waals surface area contributed by atoms with Gasteiger partial charge in [-0.1, -0.05) is 25.1 Å². The van der Waals surface area contributed by atoms with Gasteiger partial charge < -0.3 is 25.1 Å².